The van der Waals surface area contributed by atoms with Crippen LogP contribution in [0.25, 0.3) is 0 Å². The molecule has 2 unspecified atom stereocenters. The third kappa shape index (κ3) is 13.1. The summed E-state index contributed by atoms with van der Waals surface area (Å²) in [6.07, 6.45) is 7.28. The summed E-state index contributed by atoms with van der Waals surface area (Å²) in [5.74, 6) is -0.481. The van der Waals surface area contributed by atoms with Gasteiger partial charge in [0, 0.05) is 19.5 Å². The number of benzene rings is 2. The number of nitrogens with zero attached hydrogens (tertiary/aromatic N) is 1. The Morgan fingerprint density at radius 3 is 2.07 bits per heavy atom. The van der Waals surface area contributed by atoms with Gasteiger partial charge >= 0.3 is 6.09 Å². The lowest BCUT2D eigenvalue weighted by Gasteiger charge is -2.35. The number of nitrogens with one attached hydrogen (secondary N) is 2. The maximum atomic E-state index is 14.5. The lowest BCUT2D eigenvalue weighted by molar-refractivity contribution is -0.142. The van der Waals surface area contributed by atoms with Gasteiger partial charge in [0.05, 0.1) is 0 Å². The highest BCUT2D eigenvalue weighted by Crippen LogP contribution is 2.25. The number of hydrogen-bond acceptors (Lipinski definition) is 5. The Kier molecular flexibility index (Phi) is 15.1. The van der Waals surface area contributed by atoms with Gasteiger partial charge in [0.25, 0.3) is 0 Å². The van der Waals surface area contributed by atoms with Crippen LogP contribution in [-0.2, 0) is 20.7 Å². The number of amides is 3. The predicted octanol–water partition coefficient (Wildman–Crippen LogP) is 6.98. The molecule has 0 heterocycles. The first-order valence-corrected chi connectivity index (χ1v) is 15.9. The minimum atomic E-state index is -0.990. The molecule has 0 bridgehead atoms. The Hall–Kier alpha value is -3.55. The zero-order valence-electron chi connectivity index (χ0n) is 27.1. The first-order valence-electron chi connectivity index (χ1n) is 15.9. The third-order valence-electron chi connectivity index (χ3n) is 7.18. The van der Waals surface area contributed by atoms with Gasteiger partial charge in [0.2, 0.25) is 11.8 Å². The molecule has 0 radical (unpaired) electrons. The van der Waals surface area contributed by atoms with Crippen LogP contribution in [0.5, 0.6) is 5.75 Å². The zero-order chi connectivity index (χ0) is 31.8. The van der Waals surface area contributed by atoms with Crippen molar-refractivity contribution in [2.45, 2.75) is 117 Å². The van der Waals surface area contributed by atoms with Crippen molar-refractivity contribution in [2.24, 2.45) is 0 Å². The van der Waals surface area contributed by atoms with Crippen molar-refractivity contribution in [1.82, 2.24) is 15.5 Å². The maximum absolute atomic E-state index is 14.5. The molecule has 2 aromatic rings. The van der Waals surface area contributed by atoms with Crippen LogP contribution >= 0.6 is 0 Å². The molecule has 0 aromatic heterocycles. The molecule has 0 spiro atoms. The van der Waals surface area contributed by atoms with E-state index in [0.717, 1.165) is 68.1 Å². The largest absolute Gasteiger partial charge is 0.508 e. The Balaban J connectivity index is 2.51. The molecular weight excluding hydrogens is 542 g/mol. The van der Waals surface area contributed by atoms with E-state index in [4.69, 9.17) is 4.74 Å². The van der Waals surface area contributed by atoms with E-state index >= 15 is 0 Å². The number of carbonyl (C=O) groups is 3. The van der Waals surface area contributed by atoms with Gasteiger partial charge in [0.1, 0.15) is 23.4 Å². The van der Waals surface area contributed by atoms with E-state index in [9.17, 15) is 19.5 Å². The molecule has 2 atom stereocenters. The topological polar surface area (TPSA) is 108 Å². The van der Waals surface area contributed by atoms with E-state index in [0.29, 0.717) is 13.1 Å². The van der Waals surface area contributed by atoms with Gasteiger partial charge in [-0.15, -0.1) is 0 Å². The predicted molar refractivity (Wildman–Crippen MR) is 172 cm³/mol. The van der Waals surface area contributed by atoms with Gasteiger partial charge in [0.15, 0.2) is 0 Å². The fraction of sp³-hybridized carbons (Fsp3) is 0.571. The number of rotatable bonds is 17. The number of unbranched alkanes of at least 4 members (excludes halogenated alkanes) is 6. The van der Waals surface area contributed by atoms with Crippen LogP contribution in [0.15, 0.2) is 48.5 Å². The maximum Gasteiger partial charge on any atom is 0.408 e. The van der Waals surface area contributed by atoms with Crippen molar-refractivity contribution < 1.29 is 24.2 Å². The van der Waals surface area contributed by atoms with Crippen molar-refractivity contribution >= 4 is 17.9 Å². The molecular formula is C35H53N3O5. The molecule has 0 saturated carbocycles. The van der Waals surface area contributed by atoms with E-state index in [1.807, 2.05) is 31.2 Å². The molecule has 238 valence electrons. The van der Waals surface area contributed by atoms with Crippen molar-refractivity contribution in [1.29, 1.82) is 0 Å². The van der Waals surface area contributed by atoms with Gasteiger partial charge in [-0.25, -0.2) is 4.79 Å². The highest BCUT2D eigenvalue weighted by molar-refractivity contribution is 5.92. The van der Waals surface area contributed by atoms with Crippen molar-refractivity contribution in [3.63, 3.8) is 0 Å². The number of ether oxygens (including phenoxy) is 1. The number of hydrogen-bond donors (Lipinski definition) is 3. The van der Waals surface area contributed by atoms with E-state index in [1.165, 1.54) is 0 Å². The third-order valence-corrected chi connectivity index (χ3v) is 7.18. The minimum absolute atomic E-state index is 0.111. The molecule has 2 aromatic carbocycles. The first-order chi connectivity index (χ1) is 20.4. The Bertz CT molecular complexity index is 1130. The molecule has 3 amide bonds. The summed E-state index contributed by atoms with van der Waals surface area (Å²) in [5, 5.41) is 15.7. The molecule has 8 nitrogen and oxygen atoms in total. The quantitative estimate of drug-likeness (QED) is 0.171. The molecule has 43 heavy (non-hydrogen) atoms. The summed E-state index contributed by atoms with van der Waals surface area (Å²) in [6, 6.07) is 12.4. The summed E-state index contributed by atoms with van der Waals surface area (Å²) in [6.45, 7) is 12.4. The van der Waals surface area contributed by atoms with Crippen LogP contribution in [0.2, 0.25) is 0 Å². The number of phenolic OH excluding ortho intramolecular Hbond substituents is 1. The second kappa shape index (κ2) is 18.2. The average molecular weight is 596 g/mol. The number of alkyl carbamates (subject to hydrolysis) is 1. The summed E-state index contributed by atoms with van der Waals surface area (Å²) in [7, 11) is 0. The second-order valence-electron chi connectivity index (χ2n) is 12.3. The Morgan fingerprint density at radius 1 is 0.860 bits per heavy atom. The van der Waals surface area contributed by atoms with Crippen molar-refractivity contribution in [3.05, 3.63) is 65.2 Å². The molecule has 0 aliphatic carbocycles. The minimum Gasteiger partial charge on any atom is -0.508 e. The zero-order valence-corrected chi connectivity index (χ0v) is 27.1. The van der Waals surface area contributed by atoms with Gasteiger partial charge in [-0.1, -0.05) is 94.3 Å². The van der Waals surface area contributed by atoms with Gasteiger partial charge in [-0.05, 0) is 63.8 Å². The van der Waals surface area contributed by atoms with Crippen LogP contribution < -0.4 is 10.6 Å². The standard InChI is InChI=1S/C35H53N3O5/c1-7-9-11-12-14-24-38(31(28-19-15-26(3)16-20-28)32(40)36-23-13-10-8-2)33(41)30(37-34(42)43-35(4,5)6)25-27-17-21-29(39)22-18-27/h15-22,30-31,39H,7-14,23-25H2,1-6H3,(H,36,40)(H,37,42). The fourth-order valence-electron chi connectivity index (χ4n) is 4.87. The van der Waals surface area contributed by atoms with Crippen LogP contribution in [0, 0.1) is 6.92 Å². The van der Waals surface area contributed by atoms with Crippen LogP contribution in [0.4, 0.5) is 4.79 Å². The summed E-state index contributed by atoms with van der Waals surface area (Å²) >= 11 is 0. The van der Waals surface area contributed by atoms with E-state index in [2.05, 4.69) is 24.5 Å². The fourth-order valence-corrected chi connectivity index (χ4v) is 4.87. The lowest BCUT2D eigenvalue weighted by atomic mass is 9.99. The molecule has 0 saturated heterocycles. The Morgan fingerprint density at radius 2 is 1.47 bits per heavy atom. The smallest absolute Gasteiger partial charge is 0.408 e. The second-order valence-corrected chi connectivity index (χ2v) is 12.3. The molecule has 2 rings (SSSR count). The summed E-state index contributed by atoms with van der Waals surface area (Å²) < 4.78 is 5.52. The Labute approximate surface area is 258 Å². The molecule has 8 heteroatoms. The van der Waals surface area contributed by atoms with Crippen LogP contribution in [0.3, 0.4) is 0 Å². The van der Waals surface area contributed by atoms with E-state index in [-0.39, 0.29) is 24.0 Å². The molecule has 0 aliphatic heterocycles. The first kappa shape index (κ1) is 35.6. The number of carbonyl (C=O) groups excluding carboxylic acids is 3. The van der Waals surface area contributed by atoms with Gasteiger partial charge in [-0.2, -0.15) is 0 Å². The van der Waals surface area contributed by atoms with Crippen molar-refractivity contribution in [2.75, 3.05) is 13.1 Å². The SMILES string of the molecule is CCCCCCCN(C(=O)C(Cc1ccc(O)cc1)NC(=O)OC(C)(C)C)C(C(=O)NCCCCC)c1ccc(C)cc1. The average Bonchev–Trinajstić information content (AvgIpc) is 2.95. The number of aromatic hydroxyl groups is 1. The van der Waals surface area contributed by atoms with E-state index < -0.39 is 23.8 Å². The summed E-state index contributed by atoms with van der Waals surface area (Å²) in [5.41, 5.74) is 1.78. The molecule has 3 N–H and O–H groups in total. The number of aryl methyl sites for hydroxylation is 1. The highest BCUT2D eigenvalue weighted by Gasteiger charge is 2.36. The van der Waals surface area contributed by atoms with Gasteiger partial charge < -0.3 is 25.4 Å². The lowest BCUT2D eigenvalue weighted by Crippen LogP contribution is -2.54. The normalized spacial score (nSPS) is 12.7. The van der Waals surface area contributed by atoms with Crippen molar-refractivity contribution in [3.8, 4) is 5.75 Å². The monoisotopic (exact) mass is 595 g/mol. The number of phenols is 1. The molecule has 0 aliphatic rings. The molecule has 0 fully saturated rings. The van der Waals surface area contributed by atoms with Gasteiger partial charge in [-0.3, -0.25) is 9.59 Å². The summed E-state index contributed by atoms with van der Waals surface area (Å²) in [4.78, 5) is 43.0. The van der Waals surface area contributed by atoms with Crippen LogP contribution in [-0.4, -0.2) is 52.6 Å². The van der Waals surface area contributed by atoms with E-state index in [1.54, 1.807) is 49.9 Å². The highest BCUT2D eigenvalue weighted by atomic mass is 16.6. The van der Waals surface area contributed by atoms with Crippen LogP contribution in [0.1, 0.15) is 109 Å².